The van der Waals surface area contributed by atoms with Crippen molar-refractivity contribution in [1.29, 1.82) is 0 Å². The second-order valence-corrected chi connectivity index (χ2v) is 6.76. The topological polar surface area (TPSA) is 128 Å². The van der Waals surface area contributed by atoms with E-state index in [1.807, 2.05) is 19.1 Å². The molecule has 2 rings (SSSR count). The second-order valence-electron chi connectivity index (χ2n) is 6.76. The summed E-state index contributed by atoms with van der Waals surface area (Å²) in [4.78, 5) is 46.6. The molecular formula is C21H23N3O6. The molecule has 0 aliphatic carbocycles. The van der Waals surface area contributed by atoms with E-state index in [0.717, 1.165) is 11.1 Å². The van der Waals surface area contributed by atoms with Crippen LogP contribution in [0.4, 0.5) is 11.4 Å². The van der Waals surface area contributed by atoms with Crippen molar-refractivity contribution >= 4 is 29.2 Å². The van der Waals surface area contributed by atoms with Crippen LogP contribution in [0.1, 0.15) is 37.4 Å². The summed E-state index contributed by atoms with van der Waals surface area (Å²) in [6.07, 6.45) is -1.36. The third-order valence-electron chi connectivity index (χ3n) is 4.26. The zero-order valence-electron chi connectivity index (χ0n) is 16.9. The summed E-state index contributed by atoms with van der Waals surface area (Å²) < 4.78 is 5.17. The molecule has 9 heteroatoms. The van der Waals surface area contributed by atoms with Gasteiger partial charge in [-0.3, -0.25) is 24.5 Å². The summed E-state index contributed by atoms with van der Waals surface area (Å²) in [6, 6.07) is 12.4. The molecule has 0 aliphatic rings. The Morgan fingerprint density at radius 1 is 1.10 bits per heavy atom. The lowest BCUT2D eigenvalue weighted by atomic mass is 10.0. The number of ether oxygens (including phenoxy) is 1. The predicted octanol–water partition coefficient (Wildman–Crippen LogP) is 3.04. The van der Waals surface area contributed by atoms with Gasteiger partial charge in [-0.05, 0) is 25.5 Å². The standard InChI is InChI=1S/C21H23N3O6/c1-13-8-10-16(11-9-13)18(22-15(3)25)12-20(26)30-14(2)21(27)23-17-6-4-5-7-19(17)24(28)29/h4-11,14,18H,12H2,1-3H3,(H,22,25)(H,23,27). The first kappa shape index (κ1) is 22.5. The average molecular weight is 413 g/mol. The van der Waals surface area contributed by atoms with Gasteiger partial charge in [-0.2, -0.15) is 0 Å². The lowest BCUT2D eigenvalue weighted by Gasteiger charge is -2.19. The van der Waals surface area contributed by atoms with E-state index in [9.17, 15) is 24.5 Å². The van der Waals surface area contributed by atoms with Crippen molar-refractivity contribution in [2.75, 3.05) is 5.32 Å². The summed E-state index contributed by atoms with van der Waals surface area (Å²) in [5.74, 6) is -1.71. The van der Waals surface area contributed by atoms with Crippen molar-refractivity contribution in [3.8, 4) is 0 Å². The van der Waals surface area contributed by atoms with E-state index in [1.54, 1.807) is 18.2 Å². The van der Waals surface area contributed by atoms with Crippen molar-refractivity contribution in [2.24, 2.45) is 0 Å². The van der Waals surface area contributed by atoms with E-state index in [4.69, 9.17) is 4.74 Å². The number of carbonyl (C=O) groups is 3. The summed E-state index contributed by atoms with van der Waals surface area (Å²) >= 11 is 0. The Morgan fingerprint density at radius 2 is 1.73 bits per heavy atom. The van der Waals surface area contributed by atoms with Gasteiger partial charge in [-0.25, -0.2) is 0 Å². The fraction of sp³-hybridized carbons (Fsp3) is 0.286. The van der Waals surface area contributed by atoms with Crippen LogP contribution in [0, 0.1) is 17.0 Å². The molecule has 9 nitrogen and oxygen atoms in total. The number of hydrogen-bond donors (Lipinski definition) is 2. The molecule has 2 aromatic rings. The van der Waals surface area contributed by atoms with Gasteiger partial charge in [-0.15, -0.1) is 0 Å². The van der Waals surface area contributed by atoms with E-state index in [-0.39, 0.29) is 23.7 Å². The van der Waals surface area contributed by atoms with Crippen LogP contribution in [0.15, 0.2) is 48.5 Å². The van der Waals surface area contributed by atoms with Gasteiger partial charge in [0.15, 0.2) is 6.10 Å². The highest BCUT2D eigenvalue weighted by molar-refractivity contribution is 5.96. The minimum atomic E-state index is -1.19. The van der Waals surface area contributed by atoms with Crippen molar-refractivity contribution in [3.63, 3.8) is 0 Å². The number of rotatable bonds is 8. The maximum absolute atomic E-state index is 12.4. The molecule has 0 spiro atoms. The van der Waals surface area contributed by atoms with Gasteiger partial charge in [-0.1, -0.05) is 42.0 Å². The molecule has 0 heterocycles. The minimum absolute atomic E-state index is 0.00572. The molecule has 30 heavy (non-hydrogen) atoms. The maximum atomic E-state index is 12.4. The Hall–Kier alpha value is -3.75. The number of esters is 1. The molecule has 0 saturated carbocycles. The predicted molar refractivity (Wildman–Crippen MR) is 110 cm³/mol. The number of nitrogens with zero attached hydrogens (tertiary/aromatic N) is 1. The highest BCUT2D eigenvalue weighted by Gasteiger charge is 2.24. The molecule has 0 aliphatic heterocycles. The van der Waals surface area contributed by atoms with Gasteiger partial charge >= 0.3 is 5.97 Å². The first-order valence-corrected chi connectivity index (χ1v) is 9.24. The van der Waals surface area contributed by atoms with Gasteiger partial charge in [0, 0.05) is 13.0 Å². The van der Waals surface area contributed by atoms with Crippen LogP contribution in [0.5, 0.6) is 0 Å². The highest BCUT2D eigenvalue weighted by atomic mass is 16.6. The number of nitro groups is 1. The van der Waals surface area contributed by atoms with Crippen LogP contribution in [-0.4, -0.2) is 28.8 Å². The van der Waals surface area contributed by atoms with Gasteiger partial charge in [0.25, 0.3) is 11.6 Å². The Balaban J connectivity index is 2.02. The number of aryl methyl sites for hydroxylation is 1. The molecule has 2 aromatic carbocycles. The summed E-state index contributed by atoms with van der Waals surface area (Å²) in [5.41, 5.74) is 1.49. The van der Waals surface area contributed by atoms with Crippen LogP contribution in [-0.2, 0) is 19.1 Å². The van der Waals surface area contributed by atoms with Crippen molar-refractivity contribution in [3.05, 3.63) is 69.8 Å². The molecule has 2 atom stereocenters. The van der Waals surface area contributed by atoms with E-state index >= 15 is 0 Å². The SMILES string of the molecule is CC(=O)NC(CC(=O)OC(C)C(=O)Nc1ccccc1[N+](=O)[O-])c1ccc(C)cc1. The third-order valence-corrected chi connectivity index (χ3v) is 4.26. The maximum Gasteiger partial charge on any atom is 0.309 e. The summed E-state index contributed by atoms with van der Waals surface area (Å²) in [7, 11) is 0. The number of anilines is 1. The average Bonchev–Trinajstić information content (AvgIpc) is 2.67. The quantitative estimate of drug-likeness (QED) is 0.389. The van der Waals surface area contributed by atoms with Crippen molar-refractivity contribution < 1.29 is 24.0 Å². The Kier molecular flexibility index (Phi) is 7.62. The minimum Gasteiger partial charge on any atom is -0.452 e. The first-order valence-electron chi connectivity index (χ1n) is 9.24. The number of para-hydroxylation sites is 2. The molecule has 0 aromatic heterocycles. The fourth-order valence-corrected chi connectivity index (χ4v) is 2.73. The van der Waals surface area contributed by atoms with E-state index in [0.29, 0.717) is 0 Å². The number of benzene rings is 2. The number of nitro benzene ring substituents is 1. The smallest absolute Gasteiger partial charge is 0.309 e. The fourth-order valence-electron chi connectivity index (χ4n) is 2.73. The normalized spacial score (nSPS) is 12.4. The molecule has 2 amide bonds. The van der Waals surface area contributed by atoms with Gasteiger partial charge in [0.05, 0.1) is 17.4 Å². The van der Waals surface area contributed by atoms with Crippen LogP contribution >= 0.6 is 0 Å². The molecule has 0 fully saturated rings. The molecule has 2 unspecified atom stereocenters. The van der Waals surface area contributed by atoms with Crippen LogP contribution in [0.2, 0.25) is 0 Å². The van der Waals surface area contributed by atoms with Gasteiger partial charge in [0.2, 0.25) is 5.91 Å². The summed E-state index contributed by atoms with van der Waals surface area (Å²) in [5, 5.41) is 16.1. The largest absolute Gasteiger partial charge is 0.452 e. The van der Waals surface area contributed by atoms with E-state index in [2.05, 4.69) is 10.6 Å². The molecule has 158 valence electrons. The third kappa shape index (κ3) is 6.40. The number of hydrogen-bond acceptors (Lipinski definition) is 6. The number of carbonyl (C=O) groups excluding carboxylic acids is 3. The van der Waals surface area contributed by atoms with Crippen LogP contribution in [0.3, 0.4) is 0 Å². The van der Waals surface area contributed by atoms with E-state index < -0.39 is 28.9 Å². The Bertz CT molecular complexity index is 942. The lowest BCUT2D eigenvalue weighted by molar-refractivity contribution is -0.383. The number of nitrogens with one attached hydrogen (secondary N) is 2. The Morgan fingerprint density at radius 3 is 2.33 bits per heavy atom. The summed E-state index contributed by atoms with van der Waals surface area (Å²) in [6.45, 7) is 4.62. The molecular weight excluding hydrogens is 390 g/mol. The van der Waals surface area contributed by atoms with Crippen molar-refractivity contribution in [2.45, 2.75) is 39.3 Å². The van der Waals surface area contributed by atoms with Gasteiger partial charge in [0.1, 0.15) is 5.69 Å². The first-order chi connectivity index (χ1) is 14.2. The van der Waals surface area contributed by atoms with Crippen LogP contribution < -0.4 is 10.6 Å². The zero-order valence-corrected chi connectivity index (χ0v) is 16.9. The second kappa shape index (κ2) is 10.1. The number of amides is 2. The van der Waals surface area contributed by atoms with E-state index in [1.165, 1.54) is 32.0 Å². The monoisotopic (exact) mass is 413 g/mol. The van der Waals surface area contributed by atoms with Crippen molar-refractivity contribution in [1.82, 2.24) is 5.32 Å². The Labute approximate surface area is 173 Å². The molecule has 0 saturated heterocycles. The molecule has 0 bridgehead atoms. The highest BCUT2D eigenvalue weighted by Crippen LogP contribution is 2.24. The molecule has 2 N–H and O–H groups in total. The zero-order chi connectivity index (χ0) is 22.3. The molecule has 0 radical (unpaired) electrons. The van der Waals surface area contributed by atoms with Crippen LogP contribution in [0.25, 0.3) is 0 Å². The van der Waals surface area contributed by atoms with Gasteiger partial charge < -0.3 is 15.4 Å². The lowest BCUT2D eigenvalue weighted by Crippen LogP contribution is -2.33.